The molecule has 0 amide bonds. The van der Waals surface area contributed by atoms with Crippen molar-refractivity contribution in [2.24, 2.45) is 5.41 Å². The van der Waals surface area contributed by atoms with Gasteiger partial charge in [0, 0.05) is 25.4 Å². The van der Waals surface area contributed by atoms with Crippen molar-refractivity contribution in [2.45, 2.75) is 26.7 Å². The summed E-state index contributed by atoms with van der Waals surface area (Å²) in [6.45, 7) is 7.61. The third-order valence-electron chi connectivity index (χ3n) is 2.08. The van der Waals surface area contributed by atoms with Crippen LogP contribution in [-0.4, -0.2) is 18.6 Å². The number of pyridine rings is 1. The Bertz CT molecular complexity index is 318. The topological polar surface area (TPSA) is 16.1 Å². The van der Waals surface area contributed by atoms with Crippen LogP contribution in [0.15, 0.2) is 18.3 Å². The minimum absolute atomic E-state index is 0.260. The molecule has 0 radical (unpaired) electrons. The molecule has 84 valence electrons. The van der Waals surface area contributed by atoms with Gasteiger partial charge >= 0.3 is 0 Å². The Labute approximate surface area is 97.3 Å². The first kappa shape index (κ1) is 12.3. The second-order valence-electron chi connectivity index (χ2n) is 5.04. The standard InChI is InChI=1S/C12H19ClN2/c1-12(2,3)9-15(4)11-10(8-13)6-5-7-14-11/h5-7H,8-9H2,1-4H3. The van der Waals surface area contributed by atoms with Crippen LogP contribution in [0.25, 0.3) is 0 Å². The third kappa shape index (κ3) is 3.71. The molecule has 0 aromatic carbocycles. The Hall–Kier alpha value is -0.760. The Kier molecular flexibility index (Phi) is 3.97. The Morgan fingerprint density at radius 3 is 2.60 bits per heavy atom. The van der Waals surface area contributed by atoms with Gasteiger partial charge in [0.1, 0.15) is 5.82 Å². The fourth-order valence-corrected chi connectivity index (χ4v) is 1.87. The zero-order chi connectivity index (χ0) is 11.5. The summed E-state index contributed by atoms with van der Waals surface area (Å²) in [5.41, 5.74) is 1.35. The van der Waals surface area contributed by atoms with Crippen LogP contribution in [0.1, 0.15) is 26.3 Å². The summed E-state index contributed by atoms with van der Waals surface area (Å²) in [6, 6.07) is 3.95. The summed E-state index contributed by atoms with van der Waals surface area (Å²) in [6.07, 6.45) is 1.81. The minimum atomic E-state index is 0.260. The number of rotatable bonds is 3. The number of halogens is 1. The van der Waals surface area contributed by atoms with Crippen molar-refractivity contribution in [3.63, 3.8) is 0 Å². The molecule has 0 saturated carbocycles. The quantitative estimate of drug-likeness (QED) is 0.736. The predicted octanol–water partition coefficient (Wildman–Crippen LogP) is 3.30. The number of hydrogen-bond acceptors (Lipinski definition) is 2. The number of nitrogens with zero attached hydrogens (tertiary/aromatic N) is 2. The zero-order valence-electron chi connectivity index (χ0n) is 9.92. The van der Waals surface area contributed by atoms with E-state index >= 15 is 0 Å². The summed E-state index contributed by atoms with van der Waals surface area (Å²) in [5.74, 6) is 1.50. The van der Waals surface area contributed by atoms with Crippen LogP contribution in [0.4, 0.5) is 5.82 Å². The molecule has 0 unspecified atom stereocenters. The maximum absolute atomic E-state index is 5.88. The van der Waals surface area contributed by atoms with Crippen LogP contribution in [0, 0.1) is 5.41 Å². The molecule has 0 atom stereocenters. The number of alkyl halides is 1. The van der Waals surface area contributed by atoms with Gasteiger partial charge in [-0.3, -0.25) is 0 Å². The van der Waals surface area contributed by atoms with Gasteiger partial charge in [-0.05, 0) is 11.5 Å². The molecule has 2 nitrogen and oxygen atoms in total. The van der Waals surface area contributed by atoms with Crippen LogP contribution in [0.5, 0.6) is 0 Å². The second-order valence-corrected chi connectivity index (χ2v) is 5.30. The molecule has 0 aliphatic carbocycles. The molecule has 0 aliphatic heterocycles. The molecule has 1 rings (SSSR count). The Morgan fingerprint density at radius 2 is 2.07 bits per heavy atom. The van der Waals surface area contributed by atoms with Gasteiger partial charge in [-0.2, -0.15) is 0 Å². The highest BCUT2D eigenvalue weighted by atomic mass is 35.5. The lowest BCUT2D eigenvalue weighted by atomic mass is 9.96. The molecule has 0 saturated heterocycles. The van der Waals surface area contributed by atoms with E-state index < -0.39 is 0 Å². The lowest BCUT2D eigenvalue weighted by Gasteiger charge is -2.28. The van der Waals surface area contributed by atoms with Crippen molar-refractivity contribution >= 4 is 17.4 Å². The highest BCUT2D eigenvalue weighted by molar-refractivity contribution is 6.17. The average molecular weight is 227 g/mol. The van der Waals surface area contributed by atoms with Crippen molar-refractivity contribution in [1.82, 2.24) is 4.98 Å². The van der Waals surface area contributed by atoms with E-state index in [0.717, 1.165) is 17.9 Å². The summed E-state index contributed by atoms with van der Waals surface area (Å²) in [5, 5.41) is 0. The van der Waals surface area contributed by atoms with Gasteiger partial charge < -0.3 is 4.90 Å². The van der Waals surface area contributed by atoms with Crippen LogP contribution in [0.2, 0.25) is 0 Å². The summed E-state index contributed by atoms with van der Waals surface area (Å²) in [4.78, 5) is 6.54. The number of anilines is 1. The molecule has 0 aliphatic rings. The normalized spacial score (nSPS) is 11.5. The lowest BCUT2D eigenvalue weighted by molar-refractivity contribution is 0.417. The Morgan fingerprint density at radius 1 is 1.40 bits per heavy atom. The number of hydrogen-bond donors (Lipinski definition) is 0. The van der Waals surface area contributed by atoms with Gasteiger partial charge in [0.05, 0.1) is 5.88 Å². The molecule has 1 aromatic heterocycles. The molecule has 1 aromatic rings. The molecule has 0 bridgehead atoms. The third-order valence-corrected chi connectivity index (χ3v) is 2.37. The first-order valence-electron chi connectivity index (χ1n) is 5.15. The predicted molar refractivity (Wildman–Crippen MR) is 66.5 cm³/mol. The first-order chi connectivity index (χ1) is 6.94. The summed E-state index contributed by atoms with van der Waals surface area (Å²) < 4.78 is 0. The van der Waals surface area contributed by atoms with Gasteiger partial charge in [-0.15, -0.1) is 11.6 Å². The highest BCUT2D eigenvalue weighted by Gasteiger charge is 2.16. The van der Waals surface area contributed by atoms with Crippen LogP contribution >= 0.6 is 11.6 Å². The first-order valence-corrected chi connectivity index (χ1v) is 5.68. The largest absolute Gasteiger partial charge is 0.359 e. The Balaban J connectivity index is 2.86. The van der Waals surface area contributed by atoms with Crippen LogP contribution in [0.3, 0.4) is 0 Å². The monoisotopic (exact) mass is 226 g/mol. The highest BCUT2D eigenvalue weighted by Crippen LogP contribution is 2.22. The fraction of sp³-hybridized carbons (Fsp3) is 0.583. The van der Waals surface area contributed by atoms with Crippen molar-refractivity contribution in [2.75, 3.05) is 18.5 Å². The molecule has 15 heavy (non-hydrogen) atoms. The van der Waals surface area contributed by atoms with Crippen molar-refractivity contribution in [3.8, 4) is 0 Å². The molecular weight excluding hydrogens is 208 g/mol. The van der Waals surface area contributed by atoms with Crippen molar-refractivity contribution in [1.29, 1.82) is 0 Å². The zero-order valence-corrected chi connectivity index (χ0v) is 10.7. The van der Waals surface area contributed by atoms with E-state index in [2.05, 4.69) is 37.7 Å². The van der Waals surface area contributed by atoms with E-state index in [9.17, 15) is 0 Å². The lowest BCUT2D eigenvalue weighted by Crippen LogP contribution is -2.30. The molecule has 0 spiro atoms. The molecule has 0 N–H and O–H groups in total. The van der Waals surface area contributed by atoms with Crippen molar-refractivity contribution < 1.29 is 0 Å². The van der Waals surface area contributed by atoms with Crippen molar-refractivity contribution in [3.05, 3.63) is 23.9 Å². The van der Waals surface area contributed by atoms with E-state index in [-0.39, 0.29) is 5.41 Å². The maximum atomic E-state index is 5.88. The van der Waals surface area contributed by atoms with E-state index in [1.807, 2.05) is 18.3 Å². The number of aromatic nitrogens is 1. The van der Waals surface area contributed by atoms with Gasteiger partial charge in [0.25, 0.3) is 0 Å². The fourth-order valence-electron chi connectivity index (χ4n) is 1.66. The second kappa shape index (κ2) is 4.84. The van der Waals surface area contributed by atoms with Crippen LogP contribution < -0.4 is 4.90 Å². The van der Waals surface area contributed by atoms with Gasteiger partial charge in [-0.1, -0.05) is 26.8 Å². The van der Waals surface area contributed by atoms with Crippen LogP contribution in [-0.2, 0) is 5.88 Å². The maximum Gasteiger partial charge on any atom is 0.132 e. The van der Waals surface area contributed by atoms with E-state index in [4.69, 9.17) is 11.6 Å². The van der Waals surface area contributed by atoms with Gasteiger partial charge in [0.15, 0.2) is 0 Å². The average Bonchev–Trinajstić information content (AvgIpc) is 2.15. The molecule has 1 heterocycles. The molecule has 0 fully saturated rings. The molecule has 3 heteroatoms. The van der Waals surface area contributed by atoms with E-state index in [1.165, 1.54) is 0 Å². The van der Waals surface area contributed by atoms with E-state index in [0.29, 0.717) is 5.88 Å². The smallest absolute Gasteiger partial charge is 0.132 e. The van der Waals surface area contributed by atoms with E-state index in [1.54, 1.807) is 0 Å². The summed E-state index contributed by atoms with van der Waals surface area (Å²) >= 11 is 5.88. The molecular formula is C12H19ClN2. The SMILES string of the molecule is CN(CC(C)(C)C)c1ncccc1CCl. The summed E-state index contributed by atoms with van der Waals surface area (Å²) in [7, 11) is 2.06. The van der Waals surface area contributed by atoms with Gasteiger partial charge in [0.2, 0.25) is 0 Å². The van der Waals surface area contributed by atoms with Gasteiger partial charge in [-0.25, -0.2) is 4.98 Å². The minimum Gasteiger partial charge on any atom is -0.359 e.